The molecule has 0 aliphatic heterocycles. The zero-order valence-corrected chi connectivity index (χ0v) is 16.3. The molecule has 5 heteroatoms. The van der Waals surface area contributed by atoms with Gasteiger partial charge in [0.05, 0.1) is 0 Å². The highest BCUT2D eigenvalue weighted by atomic mass is 19.2. The van der Waals surface area contributed by atoms with Gasteiger partial charge in [-0.25, -0.2) is 13.8 Å². The number of hydrogen-bond acceptors (Lipinski definition) is 2. The van der Waals surface area contributed by atoms with Crippen molar-refractivity contribution in [2.24, 2.45) is 5.92 Å². The third-order valence-electron chi connectivity index (χ3n) is 4.70. The first-order chi connectivity index (χ1) is 13.3. The van der Waals surface area contributed by atoms with Crippen LogP contribution in [0.15, 0.2) is 54.6 Å². The first-order valence-corrected chi connectivity index (χ1v) is 9.38. The third kappa shape index (κ3) is 4.53. The van der Waals surface area contributed by atoms with Crippen LogP contribution in [0.3, 0.4) is 0 Å². The summed E-state index contributed by atoms with van der Waals surface area (Å²) < 4.78 is 27.6. The molecule has 0 saturated carbocycles. The summed E-state index contributed by atoms with van der Waals surface area (Å²) in [6.07, 6.45) is 1.43. The summed E-state index contributed by atoms with van der Waals surface area (Å²) in [4.78, 5) is 17.0. The number of rotatable bonds is 6. The molecular formula is C23H24F2N2O. The van der Waals surface area contributed by atoms with Gasteiger partial charge in [0.1, 0.15) is 11.2 Å². The Hall–Kier alpha value is -2.82. The van der Waals surface area contributed by atoms with E-state index in [0.29, 0.717) is 17.7 Å². The lowest BCUT2D eigenvalue weighted by Crippen LogP contribution is -2.48. The van der Waals surface area contributed by atoms with Gasteiger partial charge in [-0.3, -0.25) is 4.79 Å². The first kappa shape index (κ1) is 19.9. The molecule has 146 valence electrons. The number of halogens is 2. The predicted molar refractivity (Wildman–Crippen MR) is 107 cm³/mol. The number of pyridine rings is 1. The van der Waals surface area contributed by atoms with Crippen LogP contribution in [-0.2, 0) is 6.42 Å². The van der Waals surface area contributed by atoms with E-state index in [-0.39, 0.29) is 11.2 Å². The van der Waals surface area contributed by atoms with Crippen LogP contribution in [-0.4, -0.2) is 16.4 Å². The van der Waals surface area contributed by atoms with Crippen LogP contribution in [0.2, 0.25) is 0 Å². The predicted octanol–water partition coefficient (Wildman–Crippen LogP) is 5.29. The van der Waals surface area contributed by atoms with E-state index in [0.717, 1.165) is 18.1 Å². The number of fused-ring (bicyclic) bond motifs is 1. The number of nitrogens with one attached hydrogen (secondary N) is 1. The average Bonchev–Trinajstić information content (AvgIpc) is 2.64. The van der Waals surface area contributed by atoms with Crippen molar-refractivity contribution in [3.05, 3.63) is 77.5 Å². The minimum atomic E-state index is -1.04. The summed E-state index contributed by atoms with van der Waals surface area (Å²) in [7, 11) is 0. The molecule has 1 unspecified atom stereocenters. The number of hydrogen-bond donors (Lipinski definition) is 1. The Morgan fingerprint density at radius 3 is 2.43 bits per heavy atom. The topological polar surface area (TPSA) is 42.0 Å². The van der Waals surface area contributed by atoms with E-state index in [1.165, 1.54) is 12.1 Å². The fraction of sp³-hybridized carbons (Fsp3) is 0.304. The molecule has 0 saturated heterocycles. The van der Waals surface area contributed by atoms with Crippen molar-refractivity contribution in [3.63, 3.8) is 0 Å². The summed E-state index contributed by atoms with van der Waals surface area (Å²) in [6.45, 7) is 6.20. The van der Waals surface area contributed by atoms with Gasteiger partial charge in [0.25, 0.3) is 5.91 Å². The van der Waals surface area contributed by atoms with Crippen LogP contribution < -0.4 is 5.32 Å². The number of carbonyl (C=O) groups excluding carboxylic acids is 1. The minimum Gasteiger partial charge on any atom is -0.345 e. The van der Waals surface area contributed by atoms with Gasteiger partial charge in [-0.1, -0.05) is 50.2 Å². The Morgan fingerprint density at radius 2 is 1.75 bits per heavy atom. The van der Waals surface area contributed by atoms with Crippen molar-refractivity contribution in [2.45, 2.75) is 39.2 Å². The van der Waals surface area contributed by atoms with E-state index in [1.807, 2.05) is 37.3 Å². The van der Waals surface area contributed by atoms with Gasteiger partial charge in [-0.05, 0) is 49.4 Å². The molecule has 0 aliphatic rings. The Labute approximate surface area is 163 Å². The number of amides is 1. The van der Waals surface area contributed by atoms with Crippen molar-refractivity contribution in [2.75, 3.05) is 0 Å². The van der Waals surface area contributed by atoms with Gasteiger partial charge in [0.15, 0.2) is 11.6 Å². The van der Waals surface area contributed by atoms with Crippen molar-refractivity contribution in [1.82, 2.24) is 10.3 Å². The second-order valence-electron chi connectivity index (χ2n) is 7.90. The zero-order chi connectivity index (χ0) is 20.3. The maximum absolute atomic E-state index is 14.1. The fourth-order valence-electron chi connectivity index (χ4n) is 3.71. The molecule has 0 radical (unpaired) electrons. The van der Waals surface area contributed by atoms with E-state index in [2.05, 4.69) is 24.1 Å². The molecule has 3 nitrogen and oxygen atoms in total. The molecule has 28 heavy (non-hydrogen) atoms. The molecule has 0 spiro atoms. The molecule has 1 N–H and O–H groups in total. The molecule has 0 aliphatic carbocycles. The van der Waals surface area contributed by atoms with E-state index in [4.69, 9.17) is 0 Å². The van der Waals surface area contributed by atoms with E-state index in [9.17, 15) is 13.6 Å². The Kier molecular flexibility index (Phi) is 5.73. The van der Waals surface area contributed by atoms with Crippen molar-refractivity contribution in [1.29, 1.82) is 0 Å². The maximum atomic E-state index is 14.1. The SMILES string of the molecule is CC(C)CC(C)(Cc1ccccc1)NC(=O)c1ccc2ccc(F)c(F)c2n1. The quantitative estimate of drug-likeness (QED) is 0.629. The second kappa shape index (κ2) is 8.05. The van der Waals surface area contributed by atoms with Crippen LogP contribution in [0.5, 0.6) is 0 Å². The molecule has 2 aromatic carbocycles. The third-order valence-corrected chi connectivity index (χ3v) is 4.70. The number of nitrogens with zero attached hydrogens (tertiary/aromatic N) is 1. The number of carbonyl (C=O) groups is 1. The van der Waals surface area contributed by atoms with Gasteiger partial charge in [0, 0.05) is 10.9 Å². The van der Waals surface area contributed by atoms with E-state index >= 15 is 0 Å². The van der Waals surface area contributed by atoms with Gasteiger partial charge in [-0.15, -0.1) is 0 Å². The molecular weight excluding hydrogens is 358 g/mol. The lowest BCUT2D eigenvalue weighted by atomic mass is 9.84. The highest BCUT2D eigenvalue weighted by Gasteiger charge is 2.29. The van der Waals surface area contributed by atoms with Crippen LogP contribution in [0.25, 0.3) is 10.9 Å². The molecule has 0 fully saturated rings. The summed E-state index contributed by atoms with van der Waals surface area (Å²) in [6, 6.07) is 15.6. The maximum Gasteiger partial charge on any atom is 0.270 e. The normalized spacial score (nSPS) is 13.5. The lowest BCUT2D eigenvalue weighted by Gasteiger charge is -2.33. The summed E-state index contributed by atoms with van der Waals surface area (Å²) >= 11 is 0. The fourth-order valence-corrected chi connectivity index (χ4v) is 3.71. The Balaban J connectivity index is 1.89. The summed E-state index contributed by atoms with van der Waals surface area (Å²) in [5, 5.41) is 3.52. The molecule has 3 rings (SSSR count). The molecule has 1 heterocycles. The summed E-state index contributed by atoms with van der Waals surface area (Å²) in [5.74, 6) is -2.05. The standard InChI is InChI=1S/C23H24F2N2O/c1-15(2)13-23(3,14-16-7-5-4-6-8-16)27-22(28)19-12-10-17-9-11-18(24)20(25)21(17)26-19/h4-12,15H,13-14H2,1-3H3,(H,27,28). The molecule has 1 aromatic heterocycles. The molecule has 1 atom stereocenters. The Morgan fingerprint density at radius 1 is 1.07 bits per heavy atom. The van der Waals surface area contributed by atoms with Crippen LogP contribution in [0.1, 0.15) is 43.2 Å². The van der Waals surface area contributed by atoms with Crippen LogP contribution >= 0.6 is 0 Å². The number of aromatic nitrogens is 1. The monoisotopic (exact) mass is 382 g/mol. The van der Waals surface area contributed by atoms with Crippen molar-refractivity contribution in [3.8, 4) is 0 Å². The Bertz CT molecular complexity index is 989. The lowest BCUT2D eigenvalue weighted by molar-refractivity contribution is 0.0889. The first-order valence-electron chi connectivity index (χ1n) is 9.38. The highest BCUT2D eigenvalue weighted by molar-refractivity contribution is 5.95. The zero-order valence-electron chi connectivity index (χ0n) is 16.3. The summed E-state index contributed by atoms with van der Waals surface area (Å²) in [5.41, 5.74) is 0.552. The molecule has 3 aromatic rings. The second-order valence-corrected chi connectivity index (χ2v) is 7.90. The van der Waals surface area contributed by atoms with Gasteiger partial charge in [0.2, 0.25) is 0 Å². The average molecular weight is 382 g/mol. The largest absolute Gasteiger partial charge is 0.345 e. The van der Waals surface area contributed by atoms with Crippen LogP contribution in [0.4, 0.5) is 8.78 Å². The smallest absolute Gasteiger partial charge is 0.270 e. The van der Waals surface area contributed by atoms with Gasteiger partial charge in [-0.2, -0.15) is 0 Å². The molecule has 0 bridgehead atoms. The van der Waals surface area contributed by atoms with Crippen molar-refractivity contribution >= 4 is 16.8 Å². The highest BCUT2D eigenvalue weighted by Crippen LogP contribution is 2.23. The van der Waals surface area contributed by atoms with E-state index < -0.39 is 23.1 Å². The number of benzene rings is 2. The minimum absolute atomic E-state index is 0.0695. The van der Waals surface area contributed by atoms with E-state index in [1.54, 1.807) is 6.07 Å². The van der Waals surface area contributed by atoms with Gasteiger partial charge >= 0.3 is 0 Å². The van der Waals surface area contributed by atoms with Gasteiger partial charge < -0.3 is 5.32 Å². The van der Waals surface area contributed by atoms with Crippen LogP contribution in [0, 0.1) is 17.6 Å². The molecule has 1 amide bonds. The van der Waals surface area contributed by atoms with Crippen molar-refractivity contribution < 1.29 is 13.6 Å².